The predicted octanol–water partition coefficient (Wildman–Crippen LogP) is 3.33. The Kier molecular flexibility index (Phi) is 4.24. The number of methoxy groups -OCH3 is 1. The molecule has 7 nitrogen and oxygen atoms in total. The van der Waals surface area contributed by atoms with Gasteiger partial charge in [-0.3, -0.25) is 9.36 Å². The lowest BCUT2D eigenvalue weighted by Crippen LogP contribution is -2.34. The Bertz CT molecular complexity index is 585. The summed E-state index contributed by atoms with van der Waals surface area (Å²) in [5.41, 5.74) is -2.83. The first kappa shape index (κ1) is 18.4. The summed E-state index contributed by atoms with van der Waals surface area (Å²) in [6.45, 7) is 12.4. The van der Waals surface area contributed by atoms with Gasteiger partial charge in [0.15, 0.2) is 16.5 Å². The van der Waals surface area contributed by atoms with E-state index in [4.69, 9.17) is 18.6 Å². The average Bonchev–Trinajstić information content (AvgIpc) is 2.68. The highest BCUT2D eigenvalue weighted by Crippen LogP contribution is 2.82. The van der Waals surface area contributed by atoms with Crippen molar-refractivity contribution in [3.05, 3.63) is 0 Å². The number of rotatable bonds is 6. The van der Waals surface area contributed by atoms with Crippen LogP contribution in [0, 0.1) is 10.8 Å². The van der Waals surface area contributed by atoms with E-state index in [9.17, 15) is 9.36 Å². The van der Waals surface area contributed by atoms with Crippen LogP contribution in [-0.2, 0) is 28.0 Å². The molecule has 0 N–H and O–H groups in total. The van der Waals surface area contributed by atoms with Gasteiger partial charge in [0.1, 0.15) is 0 Å². The van der Waals surface area contributed by atoms with Crippen LogP contribution in [0.15, 0.2) is 5.16 Å². The van der Waals surface area contributed by atoms with Gasteiger partial charge >= 0.3 is 13.6 Å². The molecule has 0 amide bonds. The average molecular weight is 347 g/mol. The first-order chi connectivity index (χ1) is 10.4. The number of ether oxygens (including phenoxy) is 1. The zero-order valence-electron chi connectivity index (χ0n) is 15.0. The highest BCUT2D eigenvalue weighted by molar-refractivity contribution is 7.72. The van der Waals surface area contributed by atoms with E-state index in [0.29, 0.717) is 0 Å². The van der Waals surface area contributed by atoms with E-state index >= 15 is 0 Å². The van der Waals surface area contributed by atoms with Gasteiger partial charge in [0.25, 0.3) is 0 Å². The monoisotopic (exact) mass is 347 g/mol. The highest BCUT2D eigenvalue weighted by Gasteiger charge is 2.94. The van der Waals surface area contributed by atoms with Crippen LogP contribution in [0.1, 0.15) is 48.5 Å². The van der Waals surface area contributed by atoms with Gasteiger partial charge in [-0.2, -0.15) is 0 Å². The van der Waals surface area contributed by atoms with Gasteiger partial charge in [-0.15, -0.1) is 0 Å². The molecule has 0 aromatic rings. The number of oxime groups is 1. The van der Waals surface area contributed by atoms with Crippen molar-refractivity contribution in [1.29, 1.82) is 0 Å². The number of carbonyl (C=O) groups is 1. The molecule has 2 rings (SSSR count). The van der Waals surface area contributed by atoms with Crippen molar-refractivity contribution in [2.24, 2.45) is 16.0 Å². The summed E-state index contributed by atoms with van der Waals surface area (Å²) in [5.74, 6) is -0.541. The first-order valence-electron chi connectivity index (χ1n) is 7.73. The minimum Gasteiger partial charge on any atom is -0.468 e. The Balaban J connectivity index is 2.56. The standard InChI is InChI=1S/C15H26NO6P/c1-9(2)20-23(18,21-10(3)4)11-15(12(17)19-8)13(5,6)14(15,7)22-16-11/h9-10H,1-8H3/t14-,15-/m1/s1. The zero-order chi connectivity index (χ0) is 17.8. The third-order valence-corrected chi connectivity index (χ3v) is 7.22. The summed E-state index contributed by atoms with van der Waals surface area (Å²) in [6, 6.07) is 0. The van der Waals surface area contributed by atoms with Crippen LogP contribution >= 0.6 is 7.60 Å². The van der Waals surface area contributed by atoms with E-state index in [0.717, 1.165) is 0 Å². The van der Waals surface area contributed by atoms with Crippen LogP contribution in [0.3, 0.4) is 0 Å². The lowest BCUT2D eigenvalue weighted by Gasteiger charge is -2.26. The maximum absolute atomic E-state index is 13.5. The Morgan fingerprint density at radius 1 is 1.13 bits per heavy atom. The Morgan fingerprint density at radius 3 is 1.96 bits per heavy atom. The van der Waals surface area contributed by atoms with Crippen molar-refractivity contribution in [3.8, 4) is 0 Å². The Labute approximate surface area is 137 Å². The predicted molar refractivity (Wildman–Crippen MR) is 85.2 cm³/mol. The number of esters is 1. The molecule has 0 aromatic carbocycles. The molecule has 0 radical (unpaired) electrons. The summed E-state index contributed by atoms with van der Waals surface area (Å²) in [4.78, 5) is 18.1. The summed E-state index contributed by atoms with van der Waals surface area (Å²) in [6.07, 6.45) is -0.739. The van der Waals surface area contributed by atoms with E-state index in [2.05, 4.69) is 5.16 Å². The summed E-state index contributed by atoms with van der Waals surface area (Å²) in [7, 11) is -2.53. The third-order valence-electron chi connectivity index (χ3n) is 4.88. The minimum absolute atomic E-state index is 0.00625. The fourth-order valence-corrected chi connectivity index (χ4v) is 6.06. The van der Waals surface area contributed by atoms with E-state index in [1.54, 1.807) is 34.6 Å². The molecule has 2 aliphatic rings. The Morgan fingerprint density at radius 2 is 1.61 bits per heavy atom. The van der Waals surface area contributed by atoms with Gasteiger partial charge in [0.05, 0.1) is 19.3 Å². The molecule has 0 bridgehead atoms. The number of nitrogens with zero attached hydrogens (tertiary/aromatic N) is 1. The summed E-state index contributed by atoms with van der Waals surface area (Å²) in [5, 5.41) is 3.96. The van der Waals surface area contributed by atoms with Crippen LogP contribution in [0.25, 0.3) is 0 Å². The van der Waals surface area contributed by atoms with Crippen molar-refractivity contribution in [3.63, 3.8) is 0 Å². The lowest BCUT2D eigenvalue weighted by atomic mass is 9.97. The van der Waals surface area contributed by atoms with Crippen LogP contribution in [0.5, 0.6) is 0 Å². The zero-order valence-corrected chi connectivity index (χ0v) is 15.9. The molecule has 0 spiro atoms. The van der Waals surface area contributed by atoms with Crippen LogP contribution in [0.4, 0.5) is 0 Å². The molecular weight excluding hydrogens is 321 g/mol. The molecule has 132 valence electrons. The van der Waals surface area contributed by atoms with Crippen molar-refractivity contribution >= 4 is 19.0 Å². The molecule has 1 fully saturated rings. The van der Waals surface area contributed by atoms with Gasteiger partial charge in [-0.05, 0) is 34.6 Å². The molecular formula is C15H26NO6P. The van der Waals surface area contributed by atoms with Gasteiger partial charge in [-0.1, -0.05) is 19.0 Å². The van der Waals surface area contributed by atoms with Crippen LogP contribution < -0.4 is 0 Å². The molecule has 0 saturated heterocycles. The van der Waals surface area contributed by atoms with E-state index in [1.165, 1.54) is 7.11 Å². The van der Waals surface area contributed by atoms with Gasteiger partial charge < -0.3 is 18.6 Å². The van der Waals surface area contributed by atoms with E-state index in [1.807, 2.05) is 13.8 Å². The normalized spacial score (nSPS) is 31.7. The minimum atomic E-state index is -3.82. The van der Waals surface area contributed by atoms with Crippen molar-refractivity contribution < 1.29 is 28.0 Å². The maximum Gasteiger partial charge on any atom is 0.380 e. The van der Waals surface area contributed by atoms with Crippen LogP contribution in [0.2, 0.25) is 0 Å². The third kappa shape index (κ3) is 2.13. The van der Waals surface area contributed by atoms with Crippen molar-refractivity contribution in [1.82, 2.24) is 0 Å². The number of hydrogen-bond donors (Lipinski definition) is 0. The van der Waals surface area contributed by atoms with Gasteiger partial charge in [0.2, 0.25) is 0 Å². The SMILES string of the molecule is COC(=O)[C@@]12C(P(=O)(OC(C)C)OC(C)C)=NO[C@]1(C)C2(C)C. The Hall–Kier alpha value is -0.910. The highest BCUT2D eigenvalue weighted by atomic mass is 31.2. The fourth-order valence-electron chi connectivity index (χ4n) is 3.56. The first-order valence-corrected chi connectivity index (χ1v) is 9.27. The smallest absolute Gasteiger partial charge is 0.380 e. The maximum atomic E-state index is 13.5. The van der Waals surface area contributed by atoms with E-state index in [-0.39, 0.29) is 17.7 Å². The molecule has 1 saturated carbocycles. The van der Waals surface area contributed by atoms with Gasteiger partial charge in [0, 0.05) is 5.41 Å². The molecule has 2 atom stereocenters. The molecule has 1 aliphatic carbocycles. The van der Waals surface area contributed by atoms with E-state index < -0.39 is 30.0 Å². The number of fused-ring (bicyclic) bond motifs is 1. The van der Waals surface area contributed by atoms with Crippen LogP contribution in [-0.4, -0.2) is 36.3 Å². The largest absolute Gasteiger partial charge is 0.468 e. The molecule has 23 heavy (non-hydrogen) atoms. The molecule has 1 heterocycles. The molecule has 8 heteroatoms. The molecule has 1 aliphatic heterocycles. The summed E-state index contributed by atoms with van der Waals surface area (Å²) >= 11 is 0. The molecule has 0 unspecified atom stereocenters. The second kappa shape index (κ2) is 5.30. The quantitative estimate of drug-likeness (QED) is 0.541. The topological polar surface area (TPSA) is 83.4 Å². The number of carbonyl (C=O) groups excluding carboxylic acids is 1. The number of hydrogen-bond acceptors (Lipinski definition) is 7. The lowest BCUT2D eigenvalue weighted by molar-refractivity contribution is -0.146. The second-order valence-electron chi connectivity index (χ2n) is 7.21. The fraction of sp³-hybridized carbons (Fsp3) is 0.867. The van der Waals surface area contributed by atoms with Crippen molar-refractivity contribution in [2.75, 3.05) is 7.11 Å². The van der Waals surface area contributed by atoms with Crippen molar-refractivity contribution in [2.45, 2.75) is 66.3 Å². The second-order valence-corrected chi connectivity index (χ2v) is 9.05. The molecule has 0 aromatic heterocycles. The summed E-state index contributed by atoms with van der Waals surface area (Å²) < 4.78 is 29.7. The van der Waals surface area contributed by atoms with Gasteiger partial charge in [-0.25, -0.2) is 0 Å².